The summed E-state index contributed by atoms with van der Waals surface area (Å²) < 4.78 is 47.8. The van der Waals surface area contributed by atoms with Crippen LogP contribution in [0.15, 0.2) is 29.5 Å². The van der Waals surface area contributed by atoms with Gasteiger partial charge in [-0.15, -0.1) is 0 Å². The van der Waals surface area contributed by atoms with Crippen molar-refractivity contribution in [1.82, 2.24) is 4.73 Å². The smallest absolute Gasteiger partial charge is 0.387 e. The predicted octanol–water partition coefficient (Wildman–Crippen LogP) is 3.65. The van der Waals surface area contributed by atoms with Crippen LogP contribution in [0.25, 0.3) is 0 Å². The molecule has 2 aliphatic rings. The van der Waals surface area contributed by atoms with Crippen LogP contribution in [-0.2, 0) is 4.74 Å². The molecule has 0 radical (unpaired) electrons. The first-order chi connectivity index (χ1) is 14.3. The summed E-state index contributed by atoms with van der Waals surface area (Å²) in [6.45, 7) is -2.42. The lowest BCUT2D eigenvalue weighted by atomic mass is 10.1. The molecule has 3 heterocycles. The Morgan fingerprint density at radius 1 is 1.17 bits per heavy atom. The molecule has 160 valence electrons. The van der Waals surface area contributed by atoms with Gasteiger partial charge in [0.2, 0.25) is 5.75 Å². The molecule has 12 heteroatoms. The highest BCUT2D eigenvalue weighted by atomic mass is 35.5. The van der Waals surface area contributed by atoms with Gasteiger partial charge in [0.15, 0.2) is 11.5 Å². The third-order valence-electron chi connectivity index (χ3n) is 4.51. The molecule has 4 rings (SSSR count). The lowest BCUT2D eigenvalue weighted by molar-refractivity contribution is -0.145. The number of ether oxygens (including phenoxy) is 4. The summed E-state index contributed by atoms with van der Waals surface area (Å²) in [4.78, 5) is 16.8. The van der Waals surface area contributed by atoms with Crippen molar-refractivity contribution in [3.63, 3.8) is 0 Å². The molecule has 0 bridgehead atoms. The molecule has 0 saturated carbocycles. The average molecular weight is 463 g/mol. The number of carbonyl (C=O) groups excluding carboxylic acids is 1. The third kappa shape index (κ3) is 3.90. The number of carbonyl (C=O) groups is 1. The van der Waals surface area contributed by atoms with E-state index in [0.29, 0.717) is 30.8 Å². The van der Waals surface area contributed by atoms with Crippen LogP contribution in [-0.4, -0.2) is 41.5 Å². The Hall–Kier alpha value is -2.56. The first-order valence-corrected chi connectivity index (χ1v) is 9.47. The van der Waals surface area contributed by atoms with Gasteiger partial charge < -0.3 is 24.2 Å². The number of fused-ring (bicyclic) bond motifs is 1. The minimum absolute atomic E-state index is 0.0529. The molecule has 30 heavy (non-hydrogen) atoms. The summed E-state index contributed by atoms with van der Waals surface area (Å²) in [5.41, 5.74) is -0.0529. The number of alkyl halides is 2. The van der Waals surface area contributed by atoms with Crippen molar-refractivity contribution in [2.75, 3.05) is 13.2 Å². The van der Waals surface area contributed by atoms with E-state index in [2.05, 4.69) is 9.73 Å². The normalized spacial score (nSPS) is 16.7. The Bertz CT molecular complexity index is 1040. The fourth-order valence-electron chi connectivity index (χ4n) is 3.15. The minimum atomic E-state index is -3.10. The predicted molar refractivity (Wildman–Crippen MR) is 98.6 cm³/mol. The second-order valence-electron chi connectivity index (χ2n) is 6.47. The Morgan fingerprint density at radius 2 is 1.80 bits per heavy atom. The number of rotatable bonds is 3. The maximum atomic E-state index is 12.9. The highest BCUT2D eigenvalue weighted by molar-refractivity contribution is 6.34. The second-order valence-corrected chi connectivity index (χ2v) is 7.29. The zero-order chi connectivity index (χ0) is 21.5. The molecular formula is C18H14Cl2F2N2O6. The van der Waals surface area contributed by atoms with Crippen molar-refractivity contribution in [2.24, 2.45) is 4.99 Å². The van der Waals surface area contributed by atoms with Crippen molar-refractivity contribution in [1.29, 1.82) is 0 Å². The first kappa shape index (κ1) is 20.7. The zero-order valence-corrected chi connectivity index (χ0v) is 16.6. The molecule has 1 aromatic heterocycles. The van der Waals surface area contributed by atoms with Gasteiger partial charge in [-0.3, -0.25) is 4.79 Å². The Labute approximate surface area is 178 Å². The molecule has 1 saturated heterocycles. The van der Waals surface area contributed by atoms with Crippen LogP contribution in [0.3, 0.4) is 0 Å². The van der Waals surface area contributed by atoms with E-state index < -0.39 is 18.3 Å². The van der Waals surface area contributed by atoms with Crippen LogP contribution in [0.1, 0.15) is 23.2 Å². The highest BCUT2D eigenvalue weighted by Gasteiger charge is 2.46. The van der Waals surface area contributed by atoms with E-state index >= 15 is 0 Å². The summed E-state index contributed by atoms with van der Waals surface area (Å²) >= 11 is 12.0. The van der Waals surface area contributed by atoms with Crippen molar-refractivity contribution < 1.29 is 37.7 Å². The fraction of sp³-hybridized carbons (Fsp3) is 0.333. The maximum absolute atomic E-state index is 12.9. The minimum Gasteiger partial charge on any atom is -0.447 e. The molecule has 0 atom stereocenters. The molecule has 2 aromatic rings. The monoisotopic (exact) mass is 462 g/mol. The molecule has 1 amide bonds. The van der Waals surface area contributed by atoms with Crippen LogP contribution in [0.5, 0.6) is 17.2 Å². The van der Waals surface area contributed by atoms with E-state index in [1.807, 2.05) is 0 Å². The molecule has 1 N–H and O–H groups in total. The van der Waals surface area contributed by atoms with Gasteiger partial charge in [0.25, 0.3) is 11.7 Å². The van der Waals surface area contributed by atoms with Gasteiger partial charge in [-0.2, -0.15) is 13.5 Å². The SMILES string of the molecule is O=C(N=c1c(Cl)cn(O)cc1Cl)c1ccc(OC(F)F)c2c1OC1(CCOCC1)O2. The first-order valence-electron chi connectivity index (χ1n) is 8.71. The Kier molecular flexibility index (Phi) is 5.48. The summed E-state index contributed by atoms with van der Waals surface area (Å²) in [5.74, 6) is -2.40. The van der Waals surface area contributed by atoms with Gasteiger partial charge in [-0.25, -0.2) is 4.99 Å². The standard InChI is InChI=1S/C18H14Cl2F2N2O6/c19-10-7-24(26)8-11(20)13(10)23-16(25)9-1-2-12(28-17(21)22)15-14(9)29-18(30-15)3-5-27-6-4-18/h1-2,7-8,17,26H,3-6H2. The van der Waals surface area contributed by atoms with Crippen molar-refractivity contribution in [2.45, 2.75) is 25.2 Å². The topological polar surface area (TPSA) is 91.5 Å². The fourth-order valence-corrected chi connectivity index (χ4v) is 3.69. The summed E-state index contributed by atoms with van der Waals surface area (Å²) in [7, 11) is 0. The summed E-state index contributed by atoms with van der Waals surface area (Å²) in [5, 5.41) is 9.21. The highest BCUT2D eigenvalue weighted by Crippen LogP contribution is 2.51. The van der Waals surface area contributed by atoms with Gasteiger partial charge in [0.1, 0.15) is 5.36 Å². The summed E-state index contributed by atoms with van der Waals surface area (Å²) in [6.07, 6.45) is 2.85. The molecule has 1 spiro atoms. The number of halogens is 4. The Morgan fingerprint density at radius 3 is 2.43 bits per heavy atom. The number of benzene rings is 1. The van der Waals surface area contributed by atoms with E-state index in [9.17, 15) is 18.8 Å². The van der Waals surface area contributed by atoms with E-state index in [1.54, 1.807) is 0 Å². The molecule has 1 fully saturated rings. The molecule has 8 nitrogen and oxygen atoms in total. The lowest BCUT2D eigenvalue weighted by Gasteiger charge is -2.31. The quantitative estimate of drug-likeness (QED) is 0.699. The van der Waals surface area contributed by atoms with Gasteiger partial charge in [-0.05, 0) is 12.1 Å². The Balaban J connectivity index is 1.78. The van der Waals surface area contributed by atoms with Gasteiger partial charge >= 0.3 is 6.61 Å². The van der Waals surface area contributed by atoms with Crippen molar-refractivity contribution in [3.05, 3.63) is 45.5 Å². The number of hydrogen-bond donors (Lipinski definition) is 1. The van der Waals surface area contributed by atoms with Crippen molar-refractivity contribution >= 4 is 29.1 Å². The second kappa shape index (κ2) is 7.93. The van der Waals surface area contributed by atoms with Crippen LogP contribution in [0.4, 0.5) is 8.78 Å². The van der Waals surface area contributed by atoms with Crippen LogP contribution < -0.4 is 19.6 Å². The third-order valence-corrected chi connectivity index (χ3v) is 5.06. The zero-order valence-electron chi connectivity index (χ0n) is 15.1. The van der Waals surface area contributed by atoms with E-state index in [-0.39, 0.29) is 38.2 Å². The number of amides is 1. The number of pyridine rings is 1. The van der Waals surface area contributed by atoms with E-state index in [4.69, 9.17) is 37.4 Å². The molecular weight excluding hydrogens is 449 g/mol. The molecule has 0 unspecified atom stereocenters. The molecule has 0 aliphatic carbocycles. The number of nitrogens with zero attached hydrogens (tertiary/aromatic N) is 2. The van der Waals surface area contributed by atoms with Crippen LogP contribution in [0, 0.1) is 0 Å². The van der Waals surface area contributed by atoms with Gasteiger partial charge in [-0.1, -0.05) is 23.2 Å². The lowest BCUT2D eigenvalue weighted by Crippen LogP contribution is -2.44. The largest absolute Gasteiger partial charge is 0.447 e. The van der Waals surface area contributed by atoms with E-state index in [0.717, 1.165) is 12.4 Å². The average Bonchev–Trinajstić information content (AvgIpc) is 3.03. The van der Waals surface area contributed by atoms with Gasteiger partial charge in [0, 0.05) is 12.8 Å². The summed E-state index contributed by atoms with van der Waals surface area (Å²) in [6, 6.07) is 2.41. The number of aromatic nitrogens is 1. The maximum Gasteiger partial charge on any atom is 0.387 e. The number of hydrogen-bond acceptors (Lipinski definition) is 6. The van der Waals surface area contributed by atoms with Crippen LogP contribution in [0.2, 0.25) is 10.0 Å². The van der Waals surface area contributed by atoms with Crippen molar-refractivity contribution in [3.8, 4) is 17.2 Å². The van der Waals surface area contributed by atoms with Gasteiger partial charge in [0.05, 0.1) is 41.2 Å². The van der Waals surface area contributed by atoms with Crippen LogP contribution >= 0.6 is 23.2 Å². The molecule has 1 aromatic carbocycles. The molecule has 2 aliphatic heterocycles. The van der Waals surface area contributed by atoms with E-state index in [1.165, 1.54) is 12.1 Å².